The van der Waals surface area contributed by atoms with E-state index in [2.05, 4.69) is 31.9 Å². The molecule has 0 aliphatic carbocycles. The van der Waals surface area contributed by atoms with Crippen LogP contribution in [0.2, 0.25) is 0 Å². The summed E-state index contributed by atoms with van der Waals surface area (Å²) in [5, 5.41) is 31.7. The third kappa shape index (κ3) is 6.03. The van der Waals surface area contributed by atoms with Crippen LogP contribution in [0.3, 0.4) is 0 Å². The summed E-state index contributed by atoms with van der Waals surface area (Å²) in [6.07, 6.45) is -3.26. The molecule has 0 atom stereocenters. The zero-order valence-electron chi connectivity index (χ0n) is 17.0. The molecule has 0 heterocycles. The molecule has 0 unspecified atom stereocenters. The third-order valence-corrected chi connectivity index (χ3v) is 5.71. The fourth-order valence-corrected chi connectivity index (χ4v) is 4.29. The van der Waals surface area contributed by atoms with Gasteiger partial charge < -0.3 is 4.74 Å². The number of rotatable bonds is 6. The van der Waals surface area contributed by atoms with E-state index in [4.69, 9.17) is 4.74 Å². The number of nitrogens with zero attached hydrogens (tertiary/aromatic N) is 3. The minimum Gasteiger partial charge on any atom is -0.448 e. The van der Waals surface area contributed by atoms with Crippen LogP contribution in [0.1, 0.15) is 16.7 Å². The number of non-ortho nitro benzene ring substituents is 1. The summed E-state index contributed by atoms with van der Waals surface area (Å²) in [6.45, 7) is 0. The summed E-state index contributed by atoms with van der Waals surface area (Å²) in [5.41, 5.74) is -1.06. The Balaban J connectivity index is 1.97. The van der Waals surface area contributed by atoms with Crippen LogP contribution in [0, 0.1) is 31.6 Å². The van der Waals surface area contributed by atoms with Crippen LogP contribution >= 0.6 is 31.9 Å². The van der Waals surface area contributed by atoms with Gasteiger partial charge >= 0.3 is 11.9 Å². The van der Waals surface area contributed by atoms with Gasteiger partial charge in [-0.05, 0) is 85.5 Å². The standard InChI is InChI=1S/C22H10Br2F3N3O5/c23-17-8-12(7-14(11-28)13-1-4-16(5-2-13)29(31)32)9-18(24)21(17)35-20-6-3-15(22(25,26)27)10-19(20)30(33)34/h1-10H/b14-7+. The molecule has 0 fully saturated rings. The van der Waals surface area contributed by atoms with E-state index in [9.17, 15) is 38.7 Å². The molecule has 35 heavy (non-hydrogen) atoms. The van der Waals surface area contributed by atoms with Gasteiger partial charge in [0, 0.05) is 18.2 Å². The highest BCUT2D eigenvalue weighted by atomic mass is 79.9. The number of ether oxygens (including phenoxy) is 1. The average molecular weight is 613 g/mol. The van der Waals surface area contributed by atoms with Gasteiger partial charge in [-0.2, -0.15) is 18.4 Å². The van der Waals surface area contributed by atoms with Crippen molar-refractivity contribution >= 4 is 54.9 Å². The predicted octanol–water partition coefficient (Wildman–Crippen LogP) is 7.90. The number of nitriles is 1. The average Bonchev–Trinajstić information content (AvgIpc) is 2.79. The van der Waals surface area contributed by atoms with E-state index in [-0.39, 0.29) is 26.0 Å². The molecule has 3 aromatic carbocycles. The SMILES string of the molecule is N#C/C(=C\c1cc(Br)c(Oc2ccc(C(F)(F)F)cc2[N+](=O)[O-])c(Br)c1)c1ccc([N+](=O)[O-])cc1. The van der Waals surface area contributed by atoms with Crippen LogP contribution in [-0.4, -0.2) is 9.85 Å². The molecular formula is C22H10Br2F3N3O5. The molecule has 0 bridgehead atoms. The van der Waals surface area contributed by atoms with E-state index < -0.39 is 33.0 Å². The smallest absolute Gasteiger partial charge is 0.416 e. The van der Waals surface area contributed by atoms with Crippen molar-refractivity contribution < 1.29 is 27.8 Å². The lowest BCUT2D eigenvalue weighted by atomic mass is 10.0. The molecule has 0 amide bonds. The Kier molecular flexibility index (Phi) is 7.57. The Labute approximate surface area is 211 Å². The topological polar surface area (TPSA) is 119 Å². The second kappa shape index (κ2) is 10.2. The summed E-state index contributed by atoms with van der Waals surface area (Å²) in [5.74, 6) is -0.352. The molecule has 0 saturated carbocycles. The van der Waals surface area contributed by atoms with Crippen molar-refractivity contribution in [2.75, 3.05) is 0 Å². The van der Waals surface area contributed by atoms with Crippen LogP contribution in [-0.2, 0) is 6.18 Å². The maximum Gasteiger partial charge on any atom is 0.416 e. The Hall–Kier alpha value is -3.76. The maximum atomic E-state index is 12.9. The summed E-state index contributed by atoms with van der Waals surface area (Å²) in [4.78, 5) is 20.6. The molecule has 0 N–H and O–H groups in total. The highest BCUT2D eigenvalue weighted by molar-refractivity contribution is 9.11. The molecule has 3 aromatic rings. The summed E-state index contributed by atoms with van der Waals surface area (Å²) in [6, 6.07) is 12.4. The van der Waals surface area contributed by atoms with Crippen LogP contribution < -0.4 is 4.74 Å². The number of hydrogen-bond donors (Lipinski definition) is 0. The molecule has 0 aliphatic rings. The van der Waals surface area contributed by atoms with E-state index in [1.165, 1.54) is 42.5 Å². The summed E-state index contributed by atoms with van der Waals surface area (Å²) < 4.78 is 44.9. The normalized spacial score (nSPS) is 11.6. The number of nitro groups is 2. The van der Waals surface area contributed by atoms with Crippen molar-refractivity contribution in [2.45, 2.75) is 6.18 Å². The minimum atomic E-state index is -4.76. The molecule has 0 spiro atoms. The quantitative estimate of drug-likeness (QED) is 0.121. The molecule has 0 saturated heterocycles. The molecule has 3 rings (SSSR count). The molecule has 0 radical (unpaired) electrons. The lowest BCUT2D eigenvalue weighted by Crippen LogP contribution is -2.06. The van der Waals surface area contributed by atoms with Crippen LogP contribution in [0.25, 0.3) is 11.6 Å². The minimum absolute atomic E-state index is 0.0545. The van der Waals surface area contributed by atoms with Gasteiger partial charge in [-0.25, -0.2) is 0 Å². The Morgan fingerprint density at radius 2 is 1.57 bits per heavy atom. The van der Waals surface area contributed by atoms with E-state index in [0.717, 1.165) is 6.07 Å². The van der Waals surface area contributed by atoms with Crippen LogP contribution in [0.4, 0.5) is 24.5 Å². The van der Waals surface area contributed by atoms with Crippen molar-refractivity contribution in [3.63, 3.8) is 0 Å². The molecule has 0 aromatic heterocycles. The van der Waals surface area contributed by atoms with Crippen molar-refractivity contribution in [1.82, 2.24) is 0 Å². The van der Waals surface area contributed by atoms with E-state index in [0.29, 0.717) is 23.3 Å². The van der Waals surface area contributed by atoms with Gasteiger partial charge in [0.2, 0.25) is 5.75 Å². The molecule has 13 heteroatoms. The number of benzene rings is 3. The zero-order valence-corrected chi connectivity index (χ0v) is 20.2. The number of alkyl halides is 3. The van der Waals surface area contributed by atoms with E-state index in [1.807, 2.05) is 6.07 Å². The van der Waals surface area contributed by atoms with E-state index in [1.54, 1.807) is 0 Å². The first-order valence-corrected chi connectivity index (χ1v) is 10.9. The first-order chi connectivity index (χ1) is 16.4. The second-order valence-corrected chi connectivity index (χ2v) is 8.54. The zero-order chi connectivity index (χ0) is 25.9. The van der Waals surface area contributed by atoms with Crippen LogP contribution in [0.15, 0.2) is 63.5 Å². The molecule has 8 nitrogen and oxygen atoms in total. The predicted molar refractivity (Wildman–Crippen MR) is 127 cm³/mol. The Morgan fingerprint density at radius 1 is 0.971 bits per heavy atom. The summed E-state index contributed by atoms with van der Waals surface area (Å²) in [7, 11) is 0. The highest BCUT2D eigenvalue weighted by Crippen LogP contribution is 2.43. The van der Waals surface area contributed by atoms with Gasteiger partial charge in [-0.1, -0.05) is 0 Å². The lowest BCUT2D eigenvalue weighted by molar-refractivity contribution is -0.385. The largest absolute Gasteiger partial charge is 0.448 e. The molecule has 0 aliphatic heterocycles. The van der Waals surface area contributed by atoms with Crippen LogP contribution in [0.5, 0.6) is 11.5 Å². The number of halogens is 5. The third-order valence-electron chi connectivity index (χ3n) is 4.54. The highest BCUT2D eigenvalue weighted by Gasteiger charge is 2.33. The lowest BCUT2D eigenvalue weighted by Gasteiger charge is -2.13. The molecule has 178 valence electrons. The number of hydrogen-bond acceptors (Lipinski definition) is 6. The van der Waals surface area contributed by atoms with Crippen molar-refractivity contribution in [3.05, 3.63) is 100 Å². The van der Waals surface area contributed by atoms with Gasteiger partial charge in [0.05, 0.1) is 36.0 Å². The van der Waals surface area contributed by atoms with Crippen molar-refractivity contribution in [3.8, 4) is 17.6 Å². The Morgan fingerprint density at radius 3 is 2.06 bits per heavy atom. The maximum absolute atomic E-state index is 12.9. The van der Waals surface area contributed by atoms with Gasteiger partial charge in [-0.15, -0.1) is 0 Å². The molecular weight excluding hydrogens is 603 g/mol. The Bertz CT molecular complexity index is 1380. The second-order valence-electron chi connectivity index (χ2n) is 6.83. The monoisotopic (exact) mass is 611 g/mol. The van der Waals surface area contributed by atoms with Gasteiger partial charge in [0.1, 0.15) is 0 Å². The van der Waals surface area contributed by atoms with E-state index >= 15 is 0 Å². The number of allylic oxidation sites excluding steroid dienone is 1. The fourth-order valence-electron chi connectivity index (χ4n) is 2.90. The number of nitro benzene ring substituents is 2. The van der Waals surface area contributed by atoms with Gasteiger partial charge in [0.15, 0.2) is 5.75 Å². The van der Waals surface area contributed by atoms with Crippen molar-refractivity contribution in [2.24, 2.45) is 0 Å². The van der Waals surface area contributed by atoms with Gasteiger partial charge in [-0.3, -0.25) is 20.2 Å². The van der Waals surface area contributed by atoms with Crippen molar-refractivity contribution in [1.29, 1.82) is 5.26 Å². The first-order valence-electron chi connectivity index (χ1n) is 9.30. The van der Waals surface area contributed by atoms with Gasteiger partial charge in [0.25, 0.3) is 5.69 Å². The first kappa shape index (κ1) is 25.9. The fraction of sp³-hybridized carbons (Fsp3) is 0.0455. The summed E-state index contributed by atoms with van der Waals surface area (Å²) >= 11 is 6.53.